The summed E-state index contributed by atoms with van der Waals surface area (Å²) < 4.78 is 20.7. The molecular weight excluding hydrogens is 436 g/mol. The molecule has 0 aromatic heterocycles. The highest BCUT2D eigenvalue weighted by molar-refractivity contribution is 5.17. The number of aliphatic hydroxyl groups is 2. The monoisotopic (exact) mass is 478 g/mol. The molecule has 0 heterocycles. The molecule has 192 valence electrons. The van der Waals surface area contributed by atoms with Crippen LogP contribution in [0.4, 0.5) is 0 Å². The van der Waals surface area contributed by atoms with Gasteiger partial charge in [-0.25, -0.2) is 0 Å². The molecule has 0 amide bonds. The molecule has 0 aliphatic rings. The zero-order valence-corrected chi connectivity index (χ0v) is 20.2. The van der Waals surface area contributed by atoms with Crippen molar-refractivity contribution in [2.75, 3.05) is 79.2 Å². The maximum Gasteiger partial charge on any atom is 0.0701 e. The largest absolute Gasteiger partial charge is 0.394 e. The summed E-state index contributed by atoms with van der Waals surface area (Å²) >= 11 is 0. The van der Waals surface area contributed by atoms with Gasteiger partial charge in [-0.3, -0.25) is 4.90 Å². The van der Waals surface area contributed by atoms with Crippen molar-refractivity contribution in [1.29, 1.82) is 0 Å². The number of nitrogens with zero attached hydrogens (tertiary/aromatic N) is 1. The van der Waals surface area contributed by atoms with Crippen LogP contribution in [0.1, 0.15) is 11.1 Å². The first-order valence-electron chi connectivity index (χ1n) is 11.8. The Morgan fingerprint density at radius 2 is 0.971 bits per heavy atom. The van der Waals surface area contributed by atoms with E-state index in [0.29, 0.717) is 59.4 Å². The number of ether oxygens (including phenoxy) is 4. The molecule has 2 aromatic rings. The molecule has 0 atom stereocenters. The lowest BCUT2D eigenvalue weighted by Gasteiger charge is -2.22. The van der Waals surface area contributed by atoms with Crippen molar-refractivity contribution in [3.05, 3.63) is 71.8 Å². The number of benzene rings is 2. The van der Waals surface area contributed by atoms with Crippen LogP contribution >= 0.6 is 0 Å². The van der Waals surface area contributed by atoms with Crippen LogP contribution in [-0.4, -0.2) is 94.3 Å². The predicted octanol–water partition coefficient (Wildman–Crippen LogP) is 1.68. The molecule has 0 aliphatic carbocycles. The van der Waals surface area contributed by atoms with Gasteiger partial charge in [0, 0.05) is 26.2 Å². The molecule has 0 unspecified atom stereocenters. The molecule has 0 fully saturated rings. The number of aliphatic hydroxyl groups excluding tert-OH is 2. The Kier molecular flexibility index (Phi) is 20.3. The fourth-order valence-corrected chi connectivity index (χ4v) is 2.95. The van der Waals surface area contributed by atoms with Crippen molar-refractivity contribution in [2.45, 2.75) is 13.1 Å². The molecule has 0 spiro atoms. The first-order valence-corrected chi connectivity index (χ1v) is 11.8. The number of nitrogens with two attached hydrogens (primary N) is 1. The highest BCUT2D eigenvalue weighted by Gasteiger charge is 2.07. The minimum Gasteiger partial charge on any atom is -0.394 e. The fraction of sp³-hybridized carbons (Fsp3) is 0.538. The van der Waals surface area contributed by atoms with Crippen molar-refractivity contribution < 1.29 is 29.2 Å². The molecule has 0 bridgehead atoms. The number of hydrogen-bond acceptors (Lipinski definition) is 8. The van der Waals surface area contributed by atoms with E-state index in [-0.39, 0.29) is 13.2 Å². The van der Waals surface area contributed by atoms with E-state index in [1.165, 1.54) is 11.1 Å². The van der Waals surface area contributed by atoms with E-state index in [2.05, 4.69) is 53.4 Å². The third-order valence-electron chi connectivity index (χ3n) is 4.53. The molecule has 2 rings (SSSR count). The van der Waals surface area contributed by atoms with Gasteiger partial charge in [0.25, 0.3) is 0 Å². The Hall–Kier alpha value is -1.88. The van der Waals surface area contributed by atoms with Gasteiger partial charge >= 0.3 is 0 Å². The molecule has 0 radical (unpaired) electrons. The quantitative estimate of drug-likeness (QED) is 0.262. The van der Waals surface area contributed by atoms with Crippen molar-refractivity contribution >= 4 is 0 Å². The van der Waals surface area contributed by atoms with Gasteiger partial charge in [-0.15, -0.1) is 0 Å². The highest BCUT2D eigenvalue weighted by Crippen LogP contribution is 2.09. The normalized spacial score (nSPS) is 10.8. The standard InChI is InChI=1S/C20H27NO3.C6H15NO3/c22-12-14-24-16-15-23-13-11-21(17-19-7-3-1-4-8-19)18-20-9-5-2-6-10-20;7-1-3-9-5-6-10-4-2-8/h1-10,22H,11-18H2;8H,1-7H2. The third-order valence-corrected chi connectivity index (χ3v) is 4.53. The molecular formula is C26H42N2O6. The van der Waals surface area contributed by atoms with Crippen molar-refractivity contribution in [1.82, 2.24) is 4.90 Å². The first-order chi connectivity index (χ1) is 16.8. The fourth-order valence-electron chi connectivity index (χ4n) is 2.95. The number of rotatable bonds is 19. The van der Waals surface area contributed by atoms with E-state index >= 15 is 0 Å². The Morgan fingerprint density at radius 1 is 0.559 bits per heavy atom. The topological polar surface area (TPSA) is 107 Å². The third kappa shape index (κ3) is 17.6. The van der Waals surface area contributed by atoms with Crippen molar-refractivity contribution in [3.8, 4) is 0 Å². The van der Waals surface area contributed by atoms with Gasteiger partial charge in [0.15, 0.2) is 0 Å². The average molecular weight is 479 g/mol. The van der Waals surface area contributed by atoms with Crippen molar-refractivity contribution in [2.24, 2.45) is 5.73 Å². The zero-order chi connectivity index (χ0) is 24.5. The summed E-state index contributed by atoms with van der Waals surface area (Å²) in [5, 5.41) is 16.9. The summed E-state index contributed by atoms with van der Waals surface area (Å²) in [6.07, 6.45) is 0. The zero-order valence-electron chi connectivity index (χ0n) is 20.2. The molecule has 2 aromatic carbocycles. The Morgan fingerprint density at radius 3 is 1.38 bits per heavy atom. The van der Waals surface area contributed by atoms with Crippen LogP contribution in [-0.2, 0) is 32.0 Å². The summed E-state index contributed by atoms with van der Waals surface area (Å²) in [6, 6.07) is 21.0. The number of hydrogen-bond donors (Lipinski definition) is 3. The van der Waals surface area contributed by atoms with Crippen LogP contribution < -0.4 is 5.73 Å². The summed E-state index contributed by atoms with van der Waals surface area (Å²) in [6.45, 7) is 7.50. The second-order valence-corrected chi connectivity index (χ2v) is 7.37. The minimum absolute atomic E-state index is 0.0575. The van der Waals surface area contributed by atoms with Crippen LogP contribution in [0.25, 0.3) is 0 Å². The van der Waals surface area contributed by atoms with E-state index in [4.69, 9.17) is 34.9 Å². The second-order valence-electron chi connectivity index (χ2n) is 7.37. The summed E-state index contributed by atoms with van der Waals surface area (Å²) in [4.78, 5) is 2.39. The van der Waals surface area contributed by atoms with Gasteiger partial charge < -0.3 is 34.9 Å². The Balaban J connectivity index is 0.000000489. The lowest BCUT2D eigenvalue weighted by molar-refractivity contribution is 0.0252. The van der Waals surface area contributed by atoms with Crippen LogP contribution in [0.15, 0.2) is 60.7 Å². The second kappa shape index (κ2) is 22.9. The van der Waals surface area contributed by atoms with Crippen LogP contribution in [0.2, 0.25) is 0 Å². The molecule has 8 heteroatoms. The maximum atomic E-state index is 8.65. The van der Waals surface area contributed by atoms with Gasteiger partial charge in [0.2, 0.25) is 0 Å². The first kappa shape index (κ1) is 30.2. The van der Waals surface area contributed by atoms with E-state index in [9.17, 15) is 0 Å². The van der Waals surface area contributed by atoms with Crippen molar-refractivity contribution in [3.63, 3.8) is 0 Å². The highest BCUT2D eigenvalue weighted by atomic mass is 16.5. The molecule has 4 N–H and O–H groups in total. The summed E-state index contributed by atoms with van der Waals surface area (Å²) in [5.41, 5.74) is 7.77. The maximum absolute atomic E-state index is 8.65. The van der Waals surface area contributed by atoms with Crippen LogP contribution in [0.5, 0.6) is 0 Å². The van der Waals surface area contributed by atoms with Gasteiger partial charge in [-0.1, -0.05) is 60.7 Å². The molecule has 0 saturated carbocycles. The summed E-state index contributed by atoms with van der Waals surface area (Å²) in [7, 11) is 0. The molecule has 34 heavy (non-hydrogen) atoms. The Labute approximate surface area is 204 Å². The van der Waals surface area contributed by atoms with E-state index < -0.39 is 0 Å². The lowest BCUT2D eigenvalue weighted by Crippen LogP contribution is -2.27. The molecule has 0 saturated heterocycles. The molecule has 0 aliphatic heterocycles. The Bertz CT molecular complexity index is 613. The minimum atomic E-state index is 0.0575. The van der Waals surface area contributed by atoms with E-state index in [1.54, 1.807) is 0 Å². The van der Waals surface area contributed by atoms with Crippen LogP contribution in [0.3, 0.4) is 0 Å². The van der Waals surface area contributed by atoms with E-state index in [1.807, 2.05) is 12.1 Å². The molecule has 8 nitrogen and oxygen atoms in total. The SMILES string of the molecule is NCCOCCOCCO.OCCOCCOCCN(Cc1ccccc1)Cc1ccccc1. The van der Waals surface area contributed by atoms with Gasteiger partial charge in [-0.05, 0) is 11.1 Å². The van der Waals surface area contributed by atoms with Gasteiger partial charge in [0.05, 0.1) is 66.1 Å². The lowest BCUT2D eigenvalue weighted by atomic mass is 10.1. The summed E-state index contributed by atoms with van der Waals surface area (Å²) in [5.74, 6) is 0. The van der Waals surface area contributed by atoms with E-state index in [0.717, 1.165) is 19.6 Å². The smallest absolute Gasteiger partial charge is 0.0701 e. The van der Waals surface area contributed by atoms with Crippen LogP contribution in [0, 0.1) is 0 Å². The van der Waals surface area contributed by atoms with Gasteiger partial charge in [0.1, 0.15) is 0 Å². The average Bonchev–Trinajstić information content (AvgIpc) is 2.87. The predicted molar refractivity (Wildman–Crippen MR) is 133 cm³/mol. The van der Waals surface area contributed by atoms with Gasteiger partial charge in [-0.2, -0.15) is 0 Å².